The molecule has 0 aromatic carbocycles. The highest BCUT2D eigenvalue weighted by molar-refractivity contribution is 7.55. The van der Waals surface area contributed by atoms with E-state index >= 15 is 0 Å². The molecule has 19 heavy (non-hydrogen) atoms. The predicted octanol–water partition coefficient (Wildman–Crippen LogP) is 2.43. The average molecular weight is 295 g/mol. The highest BCUT2D eigenvalue weighted by Crippen LogP contribution is 2.47. The van der Waals surface area contributed by atoms with Gasteiger partial charge in [-0.1, -0.05) is 12.8 Å². The predicted molar refractivity (Wildman–Crippen MR) is 71.5 cm³/mol. The molecule has 0 aliphatic carbocycles. The van der Waals surface area contributed by atoms with Crippen molar-refractivity contribution in [1.82, 2.24) is 0 Å². The maximum atomic E-state index is 10.4. The van der Waals surface area contributed by atoms with Crippen LogP contribution in [0.15, 0.2) is 4.74 Å². The number of carbonyl (C=O) groups is 2. The van der Waals surface area contributed by atoms with E-state index in [0.717, 1.165) is 19.3 Å². The maximum absolute atomic E-state index is 10.4. The molecule has 0 spiro atoms. The van der Waals surface area contributed by atoms with Gasteiger partial charge in [0, 0.05) is 20.1 Å². The van der Waals surface area contributed by atoms with E-state index in [4.69, 9.17) is 19.3 Å². The van der Waals surface area contributed by atoms with Gasteiger partial charge < -0.3 is 19.3 Å². The van der Waals surface area contributed by atoms with Crippen LogP contribution in [0.25, 0.3) is 0 Å². The van der Waals surface area contributed by atoms with Gasteiger partial charge in [0.2, 0.25) is 7.51 Å². The van der Waals surface area contributed by atoms with Crippen LogP contribution >= 0.6 is 7.51 Å². The summed E-state index contributed by atoms with van der Waals surface area (Å²) in [4.78, 5) is 20.7. The molecule has 2 N–H and O–H groups in total. The number of carboxylic acid groups (broad SMARTS) is 2. The summed E-state index contributed by atoms with van der Waals surface area (Å²) in [5.74, 6) is -1.83. The molecule has 0 fully saturated rings. The lowest BCUT2D eigenvalue weighted by Crippen LogP contribution is -2.07. The largest absolute Gasteiger partial charge is 0.481 e. The molecule has 1 unspecified atom stereocenters. The third kappa shape index (κ3) is 10.7. The van der Waals surface area contributed by atoms with Gasteiger partial charge in [0.1, 0.15) is 0 Å². The van der Waals surface area contributed by atoms with E-state index in [9.17, 15) is 9.59 Å². The Bertz CT molecular complexity index is 344. The highest BCUT2D eigenvalue weighted by atomic mass is 31.2. The number of hydrogen-bond donors (Lipinski definition) is 2. The van der Waals surface area contributed by atoms with Gasteiger partial charge in [-0.15, -0.1) is 0 Å². The van der Waals surface area contributed by atoms with Gasteiger partial charge in [-0.05, 0) is 12.8 Å². The summed E-state index contributed by atoms with van der Waals surface area (Å²) in [7, 11) is -0.881. The fourth-order valence-electron chi connectivity index (χ4n) is 1.29. The summed E-state index contributed by atoms with van der Waals surface area (Å²) in [6.07, 6.45) is 3.34. The normalized spacial score (nSPS) is 13.8. The number of unbranched alkanes of at least 4 members (excludes halogenated alkanes) is 3. The van der Waals surface area contributed by atoms with Crippen LogP contribution in [0, 0.1) is 0 Å². The van der Waals surface area contributed by atoms with Crippen molar-refractivity contribution in [3.63, 3.8) is 0 Å². The molecular weight excluding hydrogens is 273 g/mol. The smallest absolute Gasteiger partial charge is 0.330 e. The Balaban J connectivity index is 3.72. The summed E-state index contributed by atoms with van der Waals surface area (Å²) in [6, 6.07) is 0. The summed E-state index contributed by atoms with van der Waals surface area (Å²) in [5, 5.41) is 17.0. The van der Waals surface area contributed by atoms with Crippen molar-refractivity contribution in [2.45, 2.75) is 32.1 Å². The quantitative estimate of drug-likeness (QED) is 0.448. The van der Waals surface area contributed by atoms with Gasteiger partial charge in [0.25, 0.3) is 0 Å². The summed E-state index contributed by atoms with van der Waals surface area (Å²) in [6.45, 7) is 1.69. The first-order valence-electron chi connectivity index (χ1n) is 6.10. The van der Waals surface area contributed by atoms with Crippen LogP contribution in [0.3, 0.4) is 0 Å². The van der Waals surface area contributed by atoms with Gasteiger partial charge in [-0.2, -0.15) is 0 Å². The lowest BCUT2D eigenvalue weighted by molar-refractivity contribution is -0.139. The standard InChI is InChI=1S/C11H22NO6P/c1-12-19(2,18-9-11(15)16)17-8-6-4-3-5-7-10(13)14/h3-9H2,1-2H3,(H,13,14)(H,15,16). The monoisotopic (exact) mass is 295 g/mol. The zero-order chi connectivity index (χ0) is 14.7. The Morgan fingerprint density at radius 3 is 2.21 bits per heavy atom. The molecule has 0 rings (SSSR count). The molecule has 0 aliphatic rings. The molecule has 7 nitrogen and oxygen atoms in total. The van der Waals surface area contributed by atoms with E-state index in [2.05, 4.69) is 4.74 Å². The number of rotatable bonds is 11. The molecule has 0 aromatic rings. The Morgan fingerprint density at radius 2 is 1.68 bits per heavy atom. The van der Waals surface area contributed by atoms with Crippen LogP contribution in [-0.2, 0) is 18.6 Å². The van der Waals surface area contributed by atoms with Crippen molar-refractivity contribution in [2.24, 2.45) is 4.74 Å². The summed E-state index contributed by atoms with van der Waals surface area (Å²) in [5.41, 5.74) is 0. The third-order valence-electron chi connectivity index (χ3n) is 2.41. The van der Waals surface area contributed by atoms with E-state index < -0.39 is 26.1 Å². The molecule has 1 atom stereocenters. The molecule has 0 saturated carbocycles. The van der Waals surface area contributed by atoms with E-state index in [0.29, 0.717) is 13.0 Å². The van der Waals surface area contributed by atoms with Crippen LogP contribution < -0.4 is 0 Å². The highest BCUT2D eigenvalue weighted by Gasteiger charge is 2.15. The second-order valence-electron chi connectivity index (χ2n) is 4.06. The SMILES string of the molecule is CN=P(C)(OCCCCCCC(=O)O)OCC(=O)O. The number of carboxylic acids is 2. The van der Waals surface area contributed by atoms with Crippen molar-refractivity contribution in [2.75, 3.05) is 26.9 Å². The van der Waals surface area contributed by atoms with Gasteiger partial charge in [-0.3, -0.25) is 9.54 Å². The molecule has 0 heterocycles. The molecule has 0 radical (unpaired) electrons. The van der Waals surface area contributed by atoms with Crippen LogP contribution in [-0.4, -0.2) is 49.1 Å². The molecule has 0 amide bonds. The van der Waals surface area contributed by atoms with Crippen LogP contribution in [0.1, 0.15) is 32.1 Å². The third-order valence-corrected chi connectivity index (χ3v) is 4.40. The van der Waals surface area contributed by atoms with Crippen molar-refractivity contribution < 1.29 is 28.8 Å². The van der Waals surface area contributed by atoms with E-state index in [1.54, 1.807) is 13.7 Å². The molecule has 0 saturated heterocycles. The zero-order valence-corrected chi connectivity index (χ0v) is 12.3. The Labute approximate surface area is 113 Å². The van der Waals surface area contributed by atoms with Crippen molar-refractivity contribution in [3.05, 3.63) is 0 Å². The molecule has 0 aliphatic heterocycles. The average Bonchev–Trinajstić information content (AvgIpc) is 2.35. The lowest BCUT2D eigenvalue weighted by Gasteiger charge is -2.18. The second-order valence-corrected chi connectivity index (χ2v) is 6.58. The molecule has 112 valence electrons. The maximum Gasteiger partial charge on any atom is 0.330 e. The Morgan fingerprint density at radius 1 is 1.05 bits per heavy atom. The fraction of sp³-hybridized carbons (Fsp3) is 0.818. The first-order valence-corrected chi connectivity index (χ1v) is 8.12. The fourth-order valence-corrected chi connectivity index (χ4v) is 2.42. The Hall–Kier alpha value is -0.910. The molecule has 8 heteroatoms. The zero-order valence-electron chi connectivity index (χ0n) is 11.4. The van der Waals surface area contributed by atoms with Gasteiger partial charge >= 0.3 is 11.9 Å². The van der Waals surface area contributed by atoms with Crippen LogP contribution in [0.4, 0.5) is 0 Å². The van der Waals surface area contributed by atoms with Crippen LogP contribution in [0.2, 0.25) is 0 Å². The minimum absolute atomic E-state index is 0.192. The van der Waals surface area contributed by atoms with Crippen molar-refractivity contribution in [3.8, 4) is 0 Å². The lowest BCUT2D eigenvalue weighted by atomic mass is 10.1. The van der Waals surface area contributed by atoms with E-state index in [1.807, 2.05) is 0 Å². The summed E-state index contributed by atoms with van der Waals surface area (Å²) >= 11 is 0. The Kier molecular flexibility index (Phi) is 9.47. The minimum atomic E-state index is -2.43. The second kappa shape index (κ2) is 9.95. The van der Waals surface area contributed by atoms with Gasteiger partial charge in [0.15, 0.2) is 6.61 Å². The van der Waals surface area contributed by atoms with E-state index in [-0.39, 0.29) is 6.42 Å². The van der Waals surface area contributed by atoms with Gasteiger partial charge in [0.05, 0.1) is 6.61 Å². The topological polar surface area (TPSA) is 105 Å². The van der Waals surface area contributed by atoms with Crippen LogP contribution in [0.5, 0.6) is 0 Å². The van der Waals surface area contributed by atoms with Crippen molar-refractivity contribution in [1.29, 1.82) is 0 Å². The molecule has 0 bridgehead atoms. The molecular formula is C11H22NO6P. The first kappa shape index (κ1) is 18.1. The number of aliphatic carboxylic acids is 2. The van der Waals surface area contributed by atoms with Crippen molar-refractivity contribution >= 4 is 19.4 Å². The number of hydrogen-bond acceptors (Lipinski definition) is 5. The first-order chi connectivity index (χ1) is 8.89. The number of nitrogens with zero attached hydrogens (tertiary/aromatic N) is 1. The molecule has 0 aromatic heterocycles. The summed E-state index contributed by atoms with van der Waals surface area (Å²) < 4.78 is 14.6. The van der Waals surface area contributed by atoms with Gasteiger partial charge in [-0.25, -0.2) is 4.79 Å². The minimum Gasteiger partial charge on any atom is -0.481 e. The van der Waals surface area contributed by atoms with E-state index in [1.165, 1.54) is 0 Å².